The molecule has 0 fully saturated rings. The normalized spacial score (nSPS) is 11.0. The van der Waals surface area contributed by atoms with Crippen LogP contribution in [0, 0.1) is 0 Å². The highest BCUT2D eigenvalue weighted by Crippen LogP contribution is 2.14. The number of hydrogen-bond donors (Lipinski definition) is 3. The van der Waals surface area contributed by atoms with Crippen molar-refractivity contribution in [2.75, 3.05) is 11.9 Å². The fraction of sp³-hybridized carbons (Fsp3) is 0.125. The number of rotatable bonds is 5. The first-order valence-corrected chi connectivity index (χ1v) is 9.56. The van der Waals surface area contributed by atoms with E-state index in [1.54, 1.807) is 36.4 Å². The maximum Gasteiger partial charge on any atom is 0.313 e. The van der Waals surface area contributed by atoms with Crippen LogP contribution in [0.3, 0.4) is 0 Å². The van der Waals surface area contributed by atoms with Crippen LogP contribution in [0.5, 0.6) is 0 Å². The Labute approximate surface area is 153 Å². The molecule has 0 atom stereocenters. The zero-order valence-electron chi connectivity index (χ0n) is 13.0. The van der Waals surface area contributed by atoms with Crippen LogP contribution in [-0.4, -0.2) is 26.8 Å². The fourth-order valence-electron chi connectivity index (χ4n) is 1.97. The zero-order valence-corrected chi connectivity index (χ0v) is 15.4. The Bertz CT molecular complexity index is 865. The first-order chi connectivity index (χ1) is 11.8. The molecule has 0 saturated carbocycles. The summed E-state index contributed by atoms with van der Waals surface area (Å²) < 4.78 is 23.2. The van der Waals surface area contributed by atoms with Gasteiger partial charge in [0.05, 0.1) is 4.90 Å². The van der Waals surface area contributed by atoms with Gasteiger partial charge in [-0.2, -0.15) is 0 Å². The summed E-state index contributed by atoms with van der Waals surface area (Å²) in [6.07, 6.45) is 0.447. The molecule has 2 rings (SSSR count). The predicted octanol–water partition coefficient (Wildman–Crippen LogP) is 1.39. The monoisotopic (exact) mass is 425 g/mol. The lowest BCUT2D eigenvalue weighted by atomic mass is 10.1. The maximum atomic E-state index is 11.8. The van der Waals surface area contributed by atoms with E-state index in [0.29, 0.717) is 12.1 Å². The second kappa shape index (κ2) is 8.24. The summed E-state index contributed by atoms with van der Waals surface area (Å²) in [6, 6.07) is 12.8. The highest BCUT2D eigenvalue weighted by Gasteiger charge is 2.13. The molecule has 0 aliphatic carbocycles. The number of benzene rings is 2. The summed E-state index contributed by atoms with van der Waals surface area (Å²) in [4.78, 5) is 23.6. The molecule has 0 bridgehead atoms. The van der Waals surface area contributed by atoms with E-state index in [2.05, 4.69) is 26.6 Å². The molecule has 0 aliphatic rings. The average molecular weight is 426 g/mol. The van der Waals surface area contributed by atoms with Crippen LogP contribution in [-0.2, 0) is 26.0 Å². The number of nitrogens with two attached hydrogens (primary N) is 1. The van der Waals surface area contributed by atoms with Crippen LogP contribution >= 0.6 is 15.9 Å². The van der Waals surface area contributed by atoms with Gasteiger partial charge >= 0.3 is 11.8 Å². The van der Waals surface area contributed by atoms with Gasteiger partial charge in [-0.25, -0.2) is 13.6 Å². The smallest absolute Gasteiger partial charge is 0.313 e. The summed E-state index contributed by atoms with van der Waals surface area (Å²) in [5.74, 6) is -1.50. The number of sulfonamides is 1. The van der Waals surface area contributed by atoms with Gasteiger partial charge in [-0.15, -0.1) is 0 Å². The third-order valence-electron chi connectivity index (χ3n) is 3.26. The van der Waals surface area contributed by atoms with Gasteiger partial charge in [0.15, 0.2) is 0 Å². The molecule has 0 heterocycles. The number of primary sulfonamides is 1. The molecular formula is C16H16BrN3O4S. The van der Waals surface area contributed by atoms with E-state index in [-0.39, 0.29) is 11.4 Å². The van der Waals surface area contributed by atoms with Crippen molar-refractivity contribution in [3.8, 4) is 0 Å². The highest BCUT2D eigenvalue weighted by atomic mass is 79.9. The van der Waals surface area contributed by atoms with Crippen molar-refractivity contribution < 1.29 is 18.0 Å². The Hall–Kier alpha value is -2.23. The number of amides is 2. The van der Waals surface area contributed by atoms with Crippen LogP contribution in [0.2, 0.25) is 0 Å². The standard InChI is InChI=1S/C16H16BrN3O4S/c17-12-3-5-13(6-4-12)20-16(22)15(21)19-10-9-11-1-7-14(8-2-11)25(18,23)24/h1-8H,9-10H2,(H,19,21)(H,20,22)(H2,18,23,24). The molecule has 7 nitrogen and oxygen atoms in total. The summed E-state index contributed by atoms with van der Waals surface area (Å²) >= 11 is 3.28. The minimum atomic E-state index is -3.72. The number of hydrogen-bond acceptors (Lipinski definition) is 4. The van der Waals surface area contributed by atoms with Gasteiger partial charge in [-0.1, -0.05) is 28.1 Å². The molecular weight excluding hydrogens is 410 g/mol. The predicted molar refractivity (Wildman–Crippen MR) is 97.3 cm³/mol. The average Bonchev–Trinajstić information content (AvgIpc) is 2.56. The van der Waals surface area contributed by atoms with E-state index >= 15 is 0 Å². The molecule has 2 aromatic carbocycles. The number of nitrogens with one attached hydrogen (secondary N) is 2. The first-order valence-electron chi connectivity index (χ1n) is 7.22. The molecule has 0 spiro atoms. The summed E-state index contributed by atoms with van der Waals surface area (Å²) in [6.45, 7) is 0.237. The molecule has 0 aliphatic heterocycles. The van der Waals surface area contributed by atoms with Crippen LogP contribution in [0.25, 0.3) is 0 Å². The summed E-state index contributed by atoms with van der Waals surface area (Å²) in [5.41, 5.74) is 1.32. The van der Waals surface area contributed by atoms with Crippen LogP contribution in [0.4, 0.5) is 5.69 Å². The van der Waals surface area contributed by atoms with Crippen molar-refractivity contribution in [2.24, 2.45) is 5.14 Å². The highest BCUT2D eigenvalue weighted by molar-refractivity contribution is 9.10. The lowest BCUT2D eigenvalue weighted by molar-refractivity contribution is -0.136. The molecule has 0 radical (unpaired) electrons. The zero-order chi connectivity index (χ0) is 18.4. The van der Waals surface area contributed by atoms with Gasteiger partial charge in [0.25, 0.3) is 0 Å². The summed E-state index contributed by atoms with van der Waals surface area (Å²) in [5, 5.41) is 10.0. The lowest BCUT2D eigenvalue weighted by Gasteiger charge is -2.07. The van der Waals surface area contributed by atoms with Crippen molar-refractivity contribution >= 4 is 43.5 Å². The number of halogens is 1. The van der Waals surface area contributed by atoms with E-state index in [0.717, 1.165) is 10.0 Å². The van der Waals surface area contributed by atoms with Gasteiger partial charge in [0, 0.05) is 16.7 Å². The summed E-state index contributed by atoms with van der Waals surface area (Å²) in [7, 11) is -3.72. The van der Waals surface area contributed by atoms with Crippen LogP contribution in [0.1, 0.15) is 5.56 Å². The second-order valence-corrected chi connectivity index (χ2v) is 7.63. The molecule has 4 N–H and O–H groups in total. The Morgan fingerprint density at radius 2 is 1.56 bits per heavy atom. The molecule has 2 aromatic rings. The van der Waals surface area contributed by atoms with Crippen molar-refractivity contribution in [3.63, 3.8) is 0 Å². The van der Waals surface area contributed by atoms with Gasteiger partial charge in [0.2, 0.25) is 10.0 Å². The quantitative estimate of drug-likeness (QED) is 0.627. The molecule has 0 aromatic heterocycles. The van der Waals surface area contributed by atoms with Gasteiger partial charge in [-0.05, 0) is 48.4 Å². The van der Waals surface area contributed by atoms with Crippen molar-refractivity contribution in [3.05, 3.63) is 58.6 Å². The molecule has 9 heteroatoms. The Morgan fingerprint density at radius 1 is 0.960 bits per heavy atom. The molecule has 0 saturated heterocycles. The molecule has 2 amide bonds. The van der Waals surface area contributed by atoms with E-state index in [9.17, 15) is 18.0 Å². The van der Waals surface area contributed by atoms with Gasteiger partial charge in [-0.3, -0.25) is 9.59 Å². The molecule has 132 valence electrons. The molecule has 0 unspecified atom stereocenters. The second-order valence-electron chi connectivity index (χ2n) is 5.16. The van der Waals surface area contributed by atoms with Crippen LogP contribution in [0.15, 0.2) is 57.9 Å². The van der Waals surface area contributed by atoms with Crippen molar-refractivity contribution in [1.29, 1.82) is 0 Å². The Balaban J connectivity index is 1.81. The van der Waals surface area contributed by atoms with E-state index in [4.69, 9.17) is 5.14 Å². The van der Waals surface area contributed by atoms with E-state index < -0.39 is 21.8 Å². The fourth-order valence-corrected chi connectivity index (χ4v) is 2.75. The SMILES string of the molecule is NS(=O)(=O)c1ccc(CCNC(=O)C(=O)Nc2ccc(Br)cc2)cc1. The van der Waals surface area contributed by atoms with Crippen molar-refractivity contribution in [1.82, 2.24) is 5.32 Å². The van der Waals surface area contributed by atoms with Crippen molar-refractivity contribution in [2.45, 2.75) is 11.3 Å². The Morgan fingerprint density at radius 3 is 2.12 bits per heavy atom. The van der Waals surface area contributed by atoms with Gasteiger partial charge in [0.1, 0.15) is 0 Å². The van der Waals surface area contributed by atoms with E-state index in [1.165, 1.54) is 12.1 Å². The number of carbonyl (C=O) groups is 2. The minimum absolute atomic E-state index is 0.0224. The van der Waals surface area contributed by atoms with E-state index in [1.807, 2.05) is 0 Å². The number of anilines is 1. The topological polar surface area (TPSA) is 118 Å². The Kier molecular flexibility index (Phi) is 6.29. The lowest BCUT2D eigenvalue weighted by Crippen LogP contribution is -2.36. The maximum absolute atomic E-state index is 11.8. The number of carbonyl (C=O) groups excluding carboxylic acids is 2. The largest absolute Gasteiger partial charge is 0.347 e. The third kappa shape index (κ3) is 5.96. The van der Waals surface area contributed by atoms with Gasteiger partial charge < -0.3 is 10.6 Å². The first kappa shape index (κ1) is 19.1. The molecule has 25 heavy (non-hydrogen) atoms. The minimum Gasteiger partial charge on any atom is -0.347 e. The third-order valence-corrected chi connectivity index (χ3v) is 4.72. The van der Waals surface area contributed by atoms with Crippen LogP contribution < -0.4 is 15.8 Å².